The lowest BCUT2D eigenvalue weighted by atomic mass is 10.4. The van der Waals surface area contributed by atoms with Crippen LogP contribution >= 0.6 is 0 Å². The van der Waals surface area contributed by atoms with Crippen LogP contribution in [0, 0.1) is 0 Å². The third-order valence-electron chi connectivity index (χ3n) is 1.54. The van der Waals surface area contributed by atoms with Gasteiger partial charge in [0.05, 0.1) is 13.1 Å². The topological polar surface area (TPSA) is 85.3 Å². The summed E-state index contributed by atoms with van der Waals surface area (Å²) in [4.78, 5) is 0. The highest BCUT2D eigenvalue weighted by Gasteiger charge is 2.26. The molecule has 16 heavy (non-hydrogen) atoms. The van der Waals surface area contributed by atoms with Gasteiger partial charge < -0.3 is 9.73 Å². The van der Waals surface area contributed by atoms with E-state index in [4.69, 9.17) is 9.56 Å². The highest BCUT2D eigenvalue weighted by molar-refractivity contribution is 7.89. The van der Waals surface area contributed by atoms with Crippen LogP contribution in [0.1, 0.15) is 5.76 Å². The maximum atomic E-state index is 11.7. The molecule has 0 fully saturated rings. The summed E-state index contributed by atoms with van der Waals surface area (Å²) in [5, 5.41) is 6.32. The summed E-state index contributed by atoms with van der Waals surface area (Å²) in [6, 6.07) is 2.32. The number of nitrogens with one attached hydrogen (secondary N) is 1. The normalized spacial score (nSPS) is 13.0. The van der Waals surface area contributed by atoms with Gasteiger partial charge in [-0.2, -0.15) is 13.2 Å². The van der Waals surface area contributed by atoms with E-state index in [9.17, 15) is 21.6 Å². The smallest absolute Gasteiger partial charge is 0.401 e. The summed E-state index contributed by atoms with van der Waals surface area (Å²) in [5.41, 5.74) is 0. The van der Waals surface area contributed by atoms with E-state index in [-0.39, 0.29) is 12.3 Å². The fourth-order valence-electron chi connectivity index (χ4n) is 0.934. The summed E-state index contributed by atoms with van der Waals surface area (Å²) in [6.45, 7) is -1.41. The Balaban J connectivity index is 2.54. The zero-order valence-corrected chi connectivity index (χ0v) is 8.73. The number of furan rings is 1. The van der Waals surface area contributed by atoms with Crippen LogP contribution in [-0.4, -0.2) is 21.1 Å². The van der Waals surface area contributed by atoms with Crippen molar-refractivity contribution in [3.63, 3.8) is 0 Å². The van der Waals surface area contributed by atoms with Crippen molar-refractivity contribution in [3.05, 3.63) is 17.9 Å². The highest BCUT2D eigenvalue weighted by atomic mass is 32.2. The standard InChI is InChI=1S/C7H9F3N2O3S/c8-7(9,10)4-12-3-5-1-2-6(15-5)16(11,13)14/h1-2,12H,3-4H2,(H2,11,13,14). The fourth-order valence-corrected chi connectivity index (χ4v) is 1.41. The molecule has 0 spiro atoms. The Morgan fingerprint density at radius 3 is 2.44 bits per heavy atom. The first-order valence-electron chi connectivity index (χ1n) is 4.07. The lowest BCUT2D eigenvalue weighted by Gasteiger charge is -2.06. The van der Waals surface area contributed by atoms with E-state index >= 15 is 0 Å². The van der Waals surface area contributed by atoms with Crippen molar-refractivity contribution in [1.29, 1.82) is 0 Å². The van der Waals surface area contributed by atoms with Gasteiger partial charge in [-0.3, -0.25) is 0 Å². The Labute approximate surface area is 89.5 Å². The van der Waals surface area contributed by atoms with E-state index in [2.05, 4.69) is 5.32 Å². The second-order valence-electron chi connectivity index (χ2n) is 2.98. The maximum Gasteiger partial charge on any atom is 0.401 e. The summed E-state index contributed by atoms with van der Waals surface area (Å²) >= 11 is 0. The Bertz CT molecular complexity index is 452. The number of hydrogen-bond donors (Lipinski definition) is 2. The van der Waals surface area contributed by atoms with Crippen molar-refractivity contribution < 1.29 is 26.0 Å². The molecule has 1 rings (SSSR count). The van der Waals surface area contributed by atoms with Crippen molar-refractivity contribution >= 4 is 10.0 Å². The zero-order valence-electron chi connectivity index (χ0n) is 7.91. The molecule has 0 aromatic carbocycles. The molecule has 0 unspecified atom stereocenters. The Kier molecular flexibility index (Phi) is 3.61. The SMILES string of the molecule is NS(=O)(=O)c1ccc(CNCC(F)(F)F)o1. The minimum atomic E-state index is -4.32. The molecule has 1 heterocycles. The van der Waals surface area contributed by atoms with Gasteiger partial charge >= 0.3 is 6.18 Å². The summed E-state index contributed by atoms with van der Waals surface area (Å²) in [5.74, 6) is 0.0632. The average Bonchev–Trinajstić information content (AvgIpc) is 2.49. The molecule has 0 amide bonds. The Morgan fingerprint density at radius 1 is 1.38 bits per heavy atom. The van der Waals surface area contributed by atoms with E-state index in [1.165, 1.54) is 6.07 Å². The van der Waals surface area contributed by atoms with Crippen LogP contribution in [0.25, 0.3) is 0 Å². The van der Waals surface area contributed by atoms with Gasteiger partial charge in [-0.15, -0.1) is 0 Å². The number of rotatable bonds is 4. The van der Waals surface area contributed by atoms with Gasteiger partial charge in [-0.25, -0.2) is 13.6 Å². The third-order valence-corrected chi connectivity index (χ3v) is 2.32. The molecule has 0 atom stereocenters. The second-order valence-corrected chi connectivity index (χ2v) is 4.48. The summed E-state index contributed by atoms with van der Waals surface area (Å²) in [6.07, 6.45) is -4.32. The minimum Gasteiger partial charge on any atom is -0.447 e. The van der Waals surface area contributed by atoms with Gasteiger partial charge in [0.2, 0.25) is 5.09 Å². The molecule has 1 aromatic rings. The minimum absolute atomic E-state index is 0.0632. The molecule has 0 aliphatic heterocycles. The molecule has 0 saturated heterocycles. The van der Waals surface area contributed by atoms with E-state index < -0.39 is 27.8 Å². The lowest BCUT2D eigenvalue weighted by molar-refractivity contribution is -0.125. The molecule has 0 radical (unpaired) electrons. The molecule has 1 aromatic heterocycles. The largest absolute Gasteiger partial charge is 0.447 e. The molecule has 5 nitrogen and oxygen atoms in total. The zero-order chi connectivity index (χ0) is 12.4. The summed E-state index contributed by atoms with van der Waals surface area (Å²) < 4.78 is 61.5. The van der Waals surface area contributed by atoms with Crippen molar-refractivity contribution in [1.82, 2.24) is 5.32 Å². The molecule has 3 N–H and O–H groups in total. The molecule has 0 aliphatic rings. The molecule has 0 bridgehead atoms. The first kappa shape index (κ1) is 13.0. The van der Waals surface area contributed by atoms with Crippen LogP contribution in [0.3, 0.4) is 0 Å². The van der Waals surface area contributed by atoms with Crippen LogP contribution < -0.4 is 10.5 Å². The van der Waals surface area contributed by atoms with Gasteiger partial charge in [0.1, 0.15) is 5.76 Å². The van der Waals surface area contributed by atoms with Gasteiger partial charge in [0.15, 0.2) is 0 Å². The molecule has 92 valence electrons. The number of sulfonamides is 1. The van der Waals surface area contributed by atoms with Crippen LogP contribution in [0.5, 0.6) is 0 Å². The van der Waals surface area contributed by atoms with Crippen molar-refractivity contribution in [2.24, 2.45) is 5.14 Å². The Morgan fingerprint density at radius 2 is 2.00 bits per heavy atom. The van der Waals surface area contributed by atoms with Gasteiger partial charge in [0, 0.05) is 0 Å². The molecular formula is C7H9F3N2O3S. The maximum absolute atomic E-state index is 11.7. The first-order chi connectivity index (χ1) is 7.18. The van der Waals surface area contributed by atoms with Gasteiger partial charge in [-0.05, 0) is 12.1 Å². The van der Waals surface area contributed by atoms with Gasteiger partial charge in [0.25, 0.3) is 10.0 Å². The number of alkyl halides is 3. The molecule has 9 heteroatoms. The molecule has 0 aliphatic carbocycles. The number of nitrogens with two attached hydrogens (primary N) is 1. The van der Waals surface area contributed by atoms with Crippen LogP contribution in [0.15, 0.2) is 21.6 Å². The quantitative estimate of drug-likeness (QED) is 0.827. The van der Waals surface area contributed by atoms with Crippen LogP contribution in [0.4, 0.5) is 13.2 Å². The third kappa shape index (κ3) is 4.21. The Hall–Kier alpha value is -1.06. The van der Waals surface area contributed by atoms with E-state index in [1.54, 1.807) is 0 Å². The number of halogens is 3. The molecular weight excluding hydrogens is 249 g/mol. The fraction of sp³-hybridized carbons (Fsp3) is 0.429. The predicted molar refractivity (Wildman–Crippen MR) is 47.8 cm³/mol. The van der Waals surface area contributed by atoms with E-state index in [0.717, 1.165) is 6.07 Å². The second kappa shape index (κ2) is 4.44. The van der Waals surface area contributed by atoms with E-state index in [1.807, 2.05) is 0 Å². The summed E-state index contributed by atoms with van der Waals surface area (Å²) in [7, 11) is -3.95. The van der Waals surface area contributed by atoms with Crippen molar-refractivity contribution in [2.75, 3.05) is 6.54 Å². The average molecular weight is 258 g/mol. The predicted octanol–water partition coefficient (Wildman–Crippen LogP) is 0.579. The van der Waals surface area contributed by atoms with Gasteiger partial charge in [-0.1, -0.05) is 0 Å². The van der Waals surface area contributed by atoms with Crippen LogP contribution in [0.2, 0.25) is 0 Å². The molecule has 0 saturated carbocycles. The monoisotopic (exact) mass is 258 g/mol. The number of primary sulfonamides is 1. The number of hydrogen-bond acceptors (Lipinski definition) is 4. The highest BCUT2D eigenvalue weighted by Crippen LogP contribution is 2.14. The van der Waals surface area contributed by atoms with Crippen molar-refractivity contribution in [3.8, 4) is 0 Å². The van der Waals surface area contributed by atoms with Crippen LogP contribution in [-0.2, 0) is 16.6 Å². The van der Waals surface area contributed by atoms with Crippen molar-refractivity contribution in [2.45, 2.75) is 17.8 Å². The van der Waals surface area contributed by atoms with E-state index in [0.29, 0.717) is 0 Å². The lowest BCUT2D eigenvalue weighted by Crippen LogP contribution is -2.28. The first-order valence-corrected chi connectivity index (χ1v) is 5.62.